The molecule has 1 aromatic heterocycles. The summed E-state index contributed by atoms with van der Waals surface area (Å²) in [6.07, 6.45) is 6.06. The maximum Gasteiger partial charge on any atom is 0.511 e. The van der Waals surface area contributed by atoms with Gasteiger partial charge in [-0.3, -0.25) is 0 Å². The van der Waals surface area contributed by atoms with E-state index in [-0.39, 0.29) is 28.2 Å². The van der Waals surface area contributed by atoms with Crippen molar-refractivity contribution in [3.63, 3.8) is 0 Å². The van der Waals surface area contributed by atoms with Gasteiger partial charge in [-0.15, -0.1) is 0 Å². The topological polar surface area (TPSA) is 92.6 Å². The number of nitrogens with zero attached hydrogens (tertiary/aromatic N) is 4. The molecule has 8 nitrogen and oxygen atoms in total. The summed E-state index contributed by atoms with van der Waals surface area (Å²) >= 11 is 6.56. The molecule has 6 rings (SSSR count). The summed E-state index contributed by atoms with van der Waals surface area (Å²) in [5, 5.41) is 9.62. The van der Waals surface area contributed by atoms with E-state index in [1.54, 1.807) is 24.3 Å². The van der Waals surface area contributed by atoms with Crippen molar-refractivity contribution in [2.45, 2.75) is 56.5 Å². The molecule has 2 atom stereocenters. The van der Waals surface area contributed by atoms with Crippen molar-refractivity contribution >= 4 is 29.5 Å². The number of amides is 1. The standard InChI is InChI=1S/C30H31ClN4O4/c1-35(29(36)23-4-2-3-5-25(23)31,26-11-9-19-8-10-22(18-24(19)26)39-30(37)38)21-13-16-34(17-14-21)27-12-15-32-28(33-27)20-6-7-20/h2-5,8,10,12,15,18,20-21,26H,6-7,9,11,13-14,16-17H2,1H3/p+1. The van der Waals surface area contributed by atoms with Gasteiger partial charge in [-0.2, -0.15) is 0 Å². The number of hydrogen-bond donors (Lipinski definition) is 1. The number of fused-ring (bicyclic) bond motifs is 1. The SMILES string of the molecule is C[N+](C(=O)c1ccccc1Cl)(C1CCN(c2ccnc(C3CC3)n2)CC1)C1CCc2ccc(OC(=O)O)cc21. The van der Waals surface area contributed by atoms with Gasteiger partial charge in [0.05, 0.1) is 23.7 Å². The third-order valence-corrected chi connectivity index (χ3v) is 9.04. The normalized spacial score (nSPS) is 20.8. The van der Waals surface area contributed by atoms with E-state index in [0.29, 0.717) is 16.5 Å². The number of rotatable bonds is 6. The van der Waals surface area contributed by atoms with Crippen LogP contribution in [0.5, 0.6) is 5.75 Å². The zero-order valence-electron chi connectivity index (χ0n) is 21.9. The first-order chi connectivity index (χ1) is 18.8. The van der Waals surface area contributed by atoms with E-state index in [1.807, 2.05) is 37.5 Å². The minimum absolute atomic E-state index is 0.0143. The number of hydrogen-bond acceptors (Lipinski definition) is 6. The Kier molecular flexibility index (Phi) is 6.77. The monoisotopic (exact) mass is 547 g/mol. The van der Waals surface area contributed by atoms with Gasteiger partial charge in [0, 0.05) is 50.0 Å². The number of halogens is 1. The largest absolute Gasteiger partial charge is 0.511 e. The Hall–Kier alpha value is -3.49. The lowest BCUT2D eigenvalue weighted by molar-refractivity contribution is -0.887. The van der Waals surface area contributed by atoms with E-state index < -0.39 is 6.16 Å². The van der Waals surface area contributed by atoms with Crippen molar-refractivity contribution < 1.29 is 23.9 Å². The first-order valence-electron chi connectivity index (χ1n) is 13.6. The molecular formula is C30H32ClN4O4+. The molecule has 0 spiro atoms. The third-order valence-electron chi connectivity index (χ3n) is 8.71. The molecule has 2 unspecified atom stereocenters. The summed E-state index contributed by atoms with van der Waals surface area (Å²) in [6.45, 7) is 1.58. The molecule has 1 saturated heterocycles. The lowest BCUT2D eigenvalue weighted by atomic mass is 9.93. The van der Waals surface area contributed by atoms with Gasteiger partial charge < -0.3 is 14.7 Å². The maximum atomic E-state index is 14.5. The fourth-order valence-electron chi connectivity index (χ4n) is 6.45. The molecule has 3 aromatic rings. The van der Waals surface area contributed by atoms with Crippen LogP contribution >= 0.6 is 11.6 Å². The molecule has 1 N–H and O–H groups in total. The van der Waals surface area contributed by atoms with Crippen LogP contribution in [0, 0.1) is 0 Å². The van der Waals surface area contributed by atoms with Crippen LogP contribution < -0.4 is 9.64 Å². The molecule has 0 bridgehead atoms. The van der Waals surface area contributed by atoms with E-state index in [9.17, 15) is 14.7 Å². The van der Waals surface area contributed by atoms with Gasteiger partial charge >= 0.3 is 12.1 Å². The minimum Gasteiger partial charge on any atom is -0.449 e. The van der Waals surface area contributed by atoms with Crippen LogP contribution in [-0.2, 0) is 6.42 Å². The molecule has 9 heteroatoms. The quantitative estimate of drug-likeness (QED) is 0.229. The van der Waals surface area contributed by atoms with Crippen LogP contribution in [0.2, 0.25) is 5.02 Å². The Bertz CT molecular complexity index is 1420. The number of carbonyl (C=O) groups excluding carboxylic acids is 1. The van der Waals surface area contributed by atoms with Crippen molar-refractivity contribution in [3.05, 3.63) is 82.3 Å². The van der Waals surface area contributed by atoms with Crippen LogP contribution in [0.3, 0.4) is 0 Å². The number of carboxylic acid groups (broad SMARTS) is 1. The maximum absolute atomic E-state index is 14.5. The number of carbonyl (C=O) groups is 2. The van der Waals surface area contributed by atoms with Gasteiger partial charge in [-0.25, -0.2) is 24.0 Å². The number of aromatic nitrogens is 2. The highest BCUT2D eigenvalue weighted by atomic mass is 35.5. The number of aryl methyl sites for hydroxylation is 1. The van der Waals surface area contributed by atoms with Gasteiger partial charge in [-0.1, -0.05) is 29.8 Å². The highest BCUT2D eigenvalue weighted by Gasteiger charge is 2.51. The van der Waals surface area contributed by atoms with Crippen molar-refractivity contribution in [2.24, 2.45) is 0 Å². The predicted octanol–water partition coefficient (Wildman–Crippen LogP) is 6.01. The van der Waals surface area contributed by atoms with Crippen molar-refractivity contribution in [3.8, 4) is 5.75 Å². The van der Waals surface area contributed by atoms with Gasteiger partial charge in [0.25, 0.3) is 0 Å². The Morgan fingerprint density at radius 2 is 1.82 bits per heavy atom. The molecule has 2 aromatic carbocycles. The van der Waals surface area contributed by atoms with Crippen molar-refractivity contribution in [1.29, 1.82) is 0 Å². The van der Waals surface area contributed by atoms with Crippen molar-refractivity contribution in [1.82, 2.24) is 9.97 Å². The Morgan fingerprint density at radius 3 is 2.54 bits per heavy atom. The second-order valence-corrected chi connectivity index (χ2v) is 11.4. The molecule has 2 aliphatic carbocycles. The number of anilines is 1. The zero-order chi connectivity index (χ0) is 27.1. The van der Waals surface area contributed by atoms with E-state index >= 15 is 0 Å². The molecule has 2 heterocycles. The van der Waals surface area contributed by atoms with E-state index in [1.165, 1.54) is 0 Å². The first kappa shape index (κ1) is 25.8. The first-order valence-corrected chi connectivity index (χ1v) is 14.0. The minimum atomic E-state index is -1.35. The van der Waals surface area contributed by atoms with Crippen LogP contribution in [0.1, 0.15) is 71.4 Å². The lowest BCUT2D eigenvalue weighted by Gasteiger charge is -2.47. The second kappa shape index (κ2) is 10.2. The summed E-state index contributed by atoms with van der Waals surface area (Å²) < 4.78 is 5.17. The molecule has 1 aliphatic heterocycles. The second-order valence-electron chi connectivity index (χ2n) is 11.0. The van der Waals surface area contributed by atoms with Crippen molar-refractivity contribution in [2.75, 3.05) is 25.0 Å². The van der Waals surface area contributed by atoms with E-state index in [0.717, 1.165) is 74.4 Å². The highest BCUT2D eigenvalue weighted by Crippen LogP contribution is 2.46. The number of ether oxygens (including phenoxy) is 1. The molecule has 0 radical (unpaired) electrons. The predicted molar refractivity (Wildman–Crippen MR) is 147 cm³/mol. The molecule has 39 heavy (non-hydrogen) atoms. The van der Waals surface area contributed by atoms with Crippen LogP contribution in [0.15, 0.2) is 54.7 Å². The summed E-state index contributed by atoms with van der Waals surface area (Å²) in [6, 6.07) is 14.5. The Morgan fingerprint density at radius 1 is 1.05 bits per heavy atom. The van der Waals surface area contributed by atoms with E-state index in [2.05, 4.69) is 9.88 Å². The molecule has 1 saturated carbocycles. The summed E-state index contributed by atoms with van der Waals surface area (Å²) in [5.74, 6) is 2.65. The van der Waals surface area contributed by atoms with Gasteiger partial charge in [0.1, 0.15) is 23.4 Å². The zero-order valence-corrected chi connectivity index (χ0v) is 22.7. The fourth-order valence-corrected chi connectivity index (χ4v) is 6.66. The Balaban J connectivity index is 1.33. The number of piperidine rings is 1. The van der Waals surface area contributed by atoms with Crippen LogP contribution in [0.25, 0.3) is 0 Å². The summed E-state index contributed by atoms with van der Waals surface area (Å²) in [7, 11) is 2.03. The van der Waals surface area contributed by atoms with E-state index in [4.69, 9.17) is 21.3 Å². The molecule has 3 aliphatic rings. The third kappa shape index (κ3) is 4.87. The van der Waals surface area contributed by atoms with Gasteiger partial charge in [0.2, 0.25) is 0 Å². The molecule has 2 fully saturated rings. The summed E-state index contributed by atoms with van der Waals surface area (Å²) in [5.41, 5.74) is 2.62. The number of quaternary nitrogens is 1. The van der Waals surface area contributed by atoms with Gasteiger partial charge in [-0.05, 0) is 55.2 Å². The molecular weight excluding hydrogens is 516 g/mol. The van der Waals surface area contributed by atoms with Gasteiger partial charge in [0.15, 0.2) is 0 Å². The number of benzene rings is 2. The Labute approximate surface area is 232 Å². The lowest BCUT2D eigenvalue weighted by Crippen LogP contribution is -2.60. The summed E-state index contributed by atoms with van der Waals surface area (Å²) in [4.78, 5) is 37.3. The van der Waals surface area contributed by atoms with Crippen LogP contribution in [0.4, 0.5) is 10.6 Å². The van der Waals surface area contributed by atoms with Crippen LogP contribution in [-0.4, -0.2) is 57.8 Å². The average Bonchev–Trinajstić information content (AvgIpc) is 3.72. The fraction of sp³-hybridized carbons (Fsp3) is 0.400. The smallest absolute Gasteiger partial charge is 0.449 e. The molecule has 1 amide bonds. The molecule has 202 valence electrons. The highest BCUT2D eigenvalue weighted by molar-refractivity contribution is 6.33. The average molecular weight is 548 g/mol.